The summed E-state index contributed by atoms with van der Waals surface area (Å²) in [5.74, 6) is -2.26. The number of carboxylic acid groups (broad SMARTS) is 1. The van der Waals surface area contributed by atoms with Crippen LogP contribution in [-0.4, -0.2) is 37.7 Å². The molecular weight excluding hydrogens is 366 g/mol. The van der Waals surface area contributed by atoms with E-state index in [9.17, 15) is 23.1 Å². The van der Waals surface area contributed by atoms with E-state index < -0.39 is 27.6 Å². The van der Waals surface area contributed by atoms with Crippen LogP contribution in [0, 0.1) is 0 Å². The highest BCUT2D eigenvalue weighted by molar-refractivity contribution is 7.91. The van der Waals surface area contributed by atoms with Crippen LogP contribution < -0.4 is 5.32 Å². The largest absolute Gasteiger partial charge is 0.481 e. The summed E-state index contributed by atoms with van der Waals surface area (Å²) < 4.78 is 24.3. The summed E-state index contributed by atoms with van der Waals surface area (Å²) in [6.07, 6.45) is 1.37. The number of amides is 1. The van der Waals surface area contributed by atoms with Gasteiger partial charge in [-0.25, -0.2) is 8.42 Å². The number of carbonyl (C=O) groups is 2. The molecule has 2 N–H and O–H groups in total. The van der Waals surface area contributed by atoms with Crippen LogP contribution in [0.4, 0.5) is 0 Å². The molecular formula is C20H23NO5S. The van der Waals surface area contributed by atoms with Crippen molar-refractivity contribution in [1.82, 2.24) is 5.32 Å². The van der Waals surface area contributed by atoms with Crippen LogP contribution in [0.2, 0.25) is 0 Å². The second kappa shape index (κ2) is 9.32. The first kappa shape index (κ1) is 20.6. The quantitative estimate of drug-likeness (QED) is 0.687. The Hall–Kier alpha value is -2.67. The molecule has 0 saturated heterocycles. The smallest absolute Gasteiger partial charge is 0.312 e. The van der Waals surface area contributed by atoms with Gasteiger partial charge in [0.1, 0.15) is 0 Å². The second-order valence-electron chi connectivity index (χ2n) is 6.21. The van der Waals surface area contributed by atoms with Crippen molar-refractivity contribution in [1.29, 1.82) is 0 Å². The molecule has 1 amide bonds. The van der Waals surface area contributed by atoms with E-state index in [1.807, 2.05) is 6.92 Å². The molecule has 0 aliphatic rings. The molecule has 27 heavy (non-hydrogen) atoms. The summed E-state index contributed by atoms with van der Waals surface area (Å²) in [6.45, 7) is 1.86. The van der Waals surface area contributed by atoms with Gasteiger partial charge in [0.25, 0.3) is 5.91 Å². The number of hydrogen-bond donors (Lipinski definition) is 2. The number of sulfone groups is 1. The van der Waals surface area contributed by atoms with Crippen LogP contribution in [0.1, 0.15) is 41.6 Å². The molecule has 0 fully saturated rings. The molecule has 1 atom stereocenters. The lowest BCUT2D eigenvalue weighted by molar-refractivity contribution is -0.138. The molecule has 0 aliphatic carbocycles. The van der Waals surface area contributed by atoms with Crippen LogP contribution >= 0.6 is 0 Å². The minimum absolute atomic E-state index is 0.0608. The van der Waals surface area contributed by atoms with E-state index in [2.05, 4.69) is 5.32 Å². The normalized spacial score (nSPS) is 12.3. The van der Waals surface area contributed by atoms with Gasteiger partial charge in [-0.15, -0.1) is 0 Å². The van der Waals surface area contributed by atoms with Gasteiger partial charge in [0.15, 0.2) is 9.84 Å². The third-order valence-electron chi connectivity index (χ3n) is 4.21. The van der Waals surface area contributed by atoms with Crippen molar-refractivity contribution in [2.24, 2.45) is 0 Å². The molecule has 6 nitrogen and oxygen atoms in total. The van der Waals surface area contributed by atoms with Gasteiger partial charge in [0.05, 0.1) is 16.6 Å². The number of nitrogens with one attached hydrogen (secondary N) is 1. The number of aliphatic carboxylic acids is 1. The fraction of sp³-hybridized carbons (Fsp3) is 0.300. The van der Waals surface area contributed by atoms with E-state index in [1.165, 1.54) is 24.3 Å². The van der Waals surface area contributed by atoms with E-state index in [0.29, 0.717) is 12.0 Å². The lowest BCUT2D eigenvalue weighted by Gasteiger charge is -2.14. The predicted octanol–water partition coefficient (Wildman–Crippen LogP) is 2.86. The van der Waals surface area contributed by atoms with E-state index in [4.69, 9.17) is 0 Å². The Bertz CT molecular complexity index is 876. The number of carboxylic acids is 1. The Balaban J connectivity index is 2.04. The molecule has 0 heterocycles. The first-order valence-electron chi connectivity index (χ1n) is 8.74. The molecule has 1 unspecified atom stereocenters. The molecule has 0 saturated carbocycles. The summed E-state index contributed by atoms with van der Waals surface area (Å²) in [5, 5.41) is 12.0. The zero-order valence-corrected chi connectivity index (χ0v) is 15.9. The maximum atomic E-state index is 12.3. The van der Waals surface area contributed by atoms with Crippen molar-refractivity contribution in [2.75, 3.05) is 12.3 Å². The average molecular weight is 389 g/mol. The third kappa shape index (κ3) is 5.65. The fourth-order valence-electron chi connectivity index (χ4n) is 2.60. The molecule has 2 aromatic carbocycles. The number of rotatable bonds is 9. The molecule has 0 spiro atoms. The molecule has 0 radical (unpaired) electrons. The van der Waals surface area contributed by atoms with E-state index in [1.54, 1.807) is 30.3 Å². The van der Waals surface area contributed by atoms with Crippen LogP contribution in [-0.2, 0) is 14.6 Å². The Morgan fingerprint density at radius 2 is 1.67 bits per heavy atom. The Labute approximate surface area is 159 Å². The third-order valence-corrected chi connectivity index (χ3v) is 6.03. The van der Waals surface area contributed by atoms with Gasteiger partial charge in [-0.3, -0.25) is 9.59 Å². The maximum absolute atomic E-state index is 12.3. The Morgan fingerprint density at radius 3 is 2.22 bits per heavy atom. The van der Waals surface area contributed by atoms with Crippen molar-refractivity contribution >= 4 is 21.7 Å². The van der Waals surface area contributed by atoms with Crippen molar-refractivity contribution in [3.63, 3.8) is 0 Å². The molecule has 0 bridgehead atoms. The maximum Gasteiger partial charge on any atom is 0.312 e. The van der Waals surface area contributed by atoms with E-state index in [-0.39, 0.29) is 22.8 Å². The number of hydrogen-bond acceptors (Lipinski definition) is 4. The fourth-order valence-corrected chi connectivity index (χ4v) is 4.05. The summed E-state index contributed by atoms with van der Waals surface area (Å²) in [5.41, 5.74) is 0.879. The summed E-state index contributed by atoms with van der Waals surface area (Å²) in [4.78, 5) is 23.9. The summed E-state index contributed by atoms with van der Waals surface area (Å²) in [7, 11) is -3.35. The van der Waals surface area contributed by atoms with Gasteiger partial charge >= 0.3 is 5.97 Å². The first-order valence-corrected chi connectivity index (χ1v) is 10.4. The van der Waals surface area contributed by atoms with Gasteiger partial charge in [0.2, 0.25) is 0 Å². The number of carbonyl (C=O) groups excluding carboxylic acids is 1. The standard InChI is InChI=1S/C20H23NO5S/c1-2-3-13-27(25,26)17-11-9-16(10-12-17)19(22)21-14-18(20(23)24)15-7-5-4-6-8-15/h4-12,18H,2-3,13-14H2,1H3,(H,21,22)(H,23,24). The first-order chi connectivity index (χ1) is 12.8. The molecule has 7 heteroatoms. The number of benzene rings is 2. The second-order valence-corrected chi connectivity index (χ2v) is 8.32. The van der Waals surface area contributed by atoms with E-state index >= 15 is 0 Å². The monoisotopic (exact) mass is 389 g/mol. The highest BCUT2D eigenvalue weighted by Crippen LogP contribution is 2.16. The van der Waals surface area contributed by atoms with Gasteiger partial charge in [-0.1, -0.05) is 43.7 Å². The van der Waals surface area contributed by atoms with E-state index in [0.717, 1.165) is 6.42 Å². The molecule has 0 aliphatic heterocycles. The minimum Gasteiger partial charge on any atom is -0.481 e. The molecule has 2 aromatic rings. The minimum atomic E-state index is -3.35. The highest BCUT2D eigenvalue weighted by Gasteiger charge is 2.21. The summed E-state index contributed by atoms with van der Waals surface area (Å²) in [6, 6.07) is 14.4. The van der Waals surface area contributed by atoms with Crippen LogP contribution in [0.25, 0.3) is 0 Å². The zero-order chi connectivity index (χ0) is 19.9. The lowest BCUT2D eigenvalue weighted by atomic mass is 9.99. The van der Waals surface area contributed by atoms with Gasteiger partial charge in [-0.2, -0.15) is 0 Å². The van der Waals surface area contributed by atoms with Crippen molar-refractivity contribution in [2.45, 2.75) is 30.6 Å². The zero-order valence-electron chi connectivity index (χ0n) is 15.1. The summed E-state index contributed by atoms with van der Waals surface area (Å²) >= 11 is 0. The average Bonchev–Trinajstić information content (AvgIpc) is 2.67. The van der Waals surface area contributed by atoms with Gasteiger partial charge in [0, 0.05) is 12.1 Å². The van der Waals surface area contributed by atoms with Gasteiger partial charge in [-0.05, 0) is 36.2 Å². The van der Waals surface area contributed by atoms with Crippen molar-refractivity contribution in [3.05, 3.63) is 65.7 Å². The van der Waals surface area contributed by atoms with Crippen molar-refractivity contribution in [3.8, 4) is 0 Å². The van der Waals surface area contributed by atoms with Crippen LogP contribution in [0.5, 0.6) is 0 Å². The lowest BCUT2D eigenvalue weighted by Crippen LogP contribution is -2.31. The molecule has 2 rings (SSSR count). The van der Waals surface area contributed by atoms with Crippen LogP contribution in [0.15, 0.2) is 59.5 Å². The SMILES string of the molecule is CCCCS(=O)(=O)c1ccc(C(=O)NCC(C(=O)O)c2ccccc2)cc1. The predicted molar refractivity (Wildman–Crippen MR) is 103 cm³/mol. The highest BCUT2D eigenvalue weighted by atomic mass is 32.2. The Morgan fingerprint density at radius 1 is 1.04 bits per heavy atom. The topological polar surface area (TPSA) is 101 Å². The molecule has 0 aromatic heterocycles. The Kier molecular flexibility index (Phi) is 7.12. The molecule has 144 valence electrons. The van der Waals surface area contributed by atoms with Gasteiger partial charge < -0.3 is 10.4 Å². The van der Waals surface area contributed by atoms with Crippen LogP contribution in [0.3, 0.4) is 0 Å². The van der Waals surface area contributed by atoms with Crippen molar-refractivity contribution < 1.29 is 23.1 Å². The number of unbranched alkanes of at least 4 members (excludes halogenated alkanes) is 1.